The monoisotopic (exact) mass is 204 g/mol. The fourth-order valence-corrected chi connectivity index (χ4v) is 1.66. The zero-order valence-corrected chi connectivity index (χ0v) is 8.69. The molecule has 0 amide bonds. The maximum atomic E-state index is 10.6. The molecule has 0 aliphatic heterocycles. The van der Waals surface area contributed by atoms with Crippen molar-refractivity contribution in [2.24, 2.45) is 7.05 Å². The summed E-state index contributed by atoms with van der Waals surface area (Å²) in [5.74, 6) is -0.809. The Bertz CT molecular complexity index is 529. The second-order valence-corrected chi connectivity index (χ2v) is 3.63. The Hall–Kier alpha value is -1.84. The molecule has 4 nitrogen and oxygen atoms in total. The van der Waals surface area contributed by atoms with E-state index in [2.05, 4.69) is 5.10 Å². The lowest BCUT2D eigenvalue weighted by molar-refractivity contribution is -0.136. The van der Waals surface area contributed by atoms with Crippen LogP contribution in [0.25, 0.3) is 10.9 Å². The average Bonchev–Trinajstić information content (AvgIpc) is 2.43. The lowest BCUT2D eigenvalue weighted by atomic mass is 10.1. The van der Waals surface area contributed by atoms with Gasteiger partial charge in [-0.1, -0.05) is 6.07 Å². The summed E-state index contributed by atoms with van der Waals surface area (Å²) >= 11 is 0. The van der Waals surface area contributed by atoms with Crippen LogP contribution in [0.4, 0.5) is 0 Å². The highest BCUT2D eigenvalue weighted by Crippen LogP contribution is 2.18. The molecular weight excluding hydrogens is 192 g/mol. The SMILES string of the molecule is Cc1c2cc(CC(=O)O)ccc2nn1C. The molecule has 0 aliphatic rings. The first-order valence-electron chi connectivity index (χ1n) is 4.72. The molecule has 0 saturated carbocycles. The third kappa shape index (κ3) is 1.70. The molecule has 15 heavy (non-hydrogen) atoms. The van der Waals surface area contributed by atoms with E-state index in [1.54, 1.807) is 4.68 Å². The molecule has 78 valence electrons. The van der Waals surface area contributed by atoms with Crippen LogP contribution in [-0.4, -0.2) is 20.9 Å². The summed E-state index contributed by atoms with van der Waals surface area (Å²) in [5, 5.41) is 14.0. The fraction of sp³-hybridized carbons (Fsp3) is 0.273. The van der Waals surface area contributed by atoms with Gasteiger partial charge >= 0.3 is 5.97 Å². The topological polar surface area (TPSA) is 55.1 Å². The molecule has 4 heteroatoms. The molecule has 0 spiro atoms. The highest BCUT2D eigenvalue weighted by Gasteiger charge is 2.07. The summed E-state index contributed by atoms with van der Waals surface area (Å²) in [6.07, 6.45) is 0.0598. The van der Waals surface area contributed by atoms with E-state index in [1.165, 1.54) is 0 Å². The maximum Gasteiger partial charge on any atom is 0.307 e. The number of rotatable bonds is 2. The molecule has 0 bridgehead atoms. The van der Waals surface area contributed by atoms with Crippen LogP contribution in [0.15, 0.2) is 18.2 Å². The van der Waals surface area contributed by atoms with E-state index in [-0.39, 0.29) is 6.42 Å². The van der Waals surface area contributed by atoms with E-state index >= 15 is 0 Å². The predicted octanol–water partition coefficient (Wildman–Crippen LogP) is 1.51. The van der Waals surface area contributed by atoms with E-state index in [1.807, 2.05) is 32.2 Å². The molecule has 2 rings (SSSR count). The Labute approximate surface area is 87.1 Å². The minimum atomic E-state index is -0.809. The molecule has 1 heterocycles. The number of hydrogen-bond donors (Lipinski definition) is 1. The van der Waals surface area contributed by atoms with Crippen molar-refractivity contribution in [1.29, 1.82) is 0 Å². The van der Waals surface area contributed by atoms with Crippen LogP contribution in [0.5, 0.6) is 0 Å². The number of fused-ring (bicyclic) bond motifs is 1. The van der Waals surface area contributed by atoms with Gasteiger partial charge in [0.05, 0.1) is 11.9 Å². The lowest BCUT2D eigenvalue weighted by Crippen LogP contribution is -1.99. The summed E-state index contributed by atoms with van der Waals surface area (Å²) in [6, 6.07) is 5.56. The highest BCUT2D eigenvalue weighted by atomic mass is 16.4. The first-order chi connectivity index (χ1) is 7.08. The van der Waals surface area contributed by atoms with Crippen LogP contribution in [0.1, 0.15) is 11.3 Å². The van der Waals surface area contributed by atoms with Gasteiger partial charge in [0.2, 0.25) is 0 Å². The van der Waals surface area contributed by atoms with Crippen LogP contribution in [0, 0.1) is 6.92 Å². The Morgan fingerprint density at radius 2 is 2.27 bits per heavy atom. The van der Waals surface area contributed by atoms with Gasteiger partial charge in [-0.3, -0.25) is 9.48 Å². The van der Waals surface area contributed by atoms with E-state index in [9.17, 15) is 4.79 Å². The van der Waals surface area contributed by atoms with E-state index < -0.39 is 5.97 Å². The summed E-state index contributed by atoms with van der Waals surface area (Å²) in [5.41, 5.74) is 2.77. The average molecular weight is 204 g/mol. The normalized spacial score (nSPS) is 10.8. The molecule has 0 saturated heterocycles. The molecule has 0 radical (unpaired) electrons. The molecule has 1 aromatic heterocycles. The van der Waals surface area contributed by atoms with Gasteiger partial charge in [-0.25, -0.2) is 0 Å². The number of carboxylic acids is 1. The van der Waals surface area contributed by atoms with Crippen molar-refractivity contribution in [2.45, 2.75) is 13.3 Å². The van der Waals surface area contributed by atoms with E-state index in [0.29, 0.717) is 0 Å². The van der Waals surface area contributed by atoms with Gasteiger partial charge in [0, 0.05) is 18.1 Å². The maximum absolute atomic E-state index is 10.6. The summed E-state index contributed by atoms with van der Waals surface area (Å²) in [4.78, 5) is 10.6. The van der Waals surface area contributed by atoms with Crippen LogP contribution in [0.2, 0.25) is 0 Å². The second-order valence-electron chi connectivity index (χ2n) is 3.63. The number of aliphatic carboxylic acids is 1. The van der Waals surface area contributed by atoms with Gasteiger partial charge in [0.1, 0.15) is 0 Å². The Balaban J connectivity index is 2.54. The minimum Gasteiger partial charge on any atom is -0.481 e. The standard InChI is InChI=1S/C11H12N2O2/c1-7-9-5-8(6-11(14)15)3-4-10(9)12-13(7)2/h3-5H,6H2,1-2H3,(H,14,15). The second kappa shape index (κ2) is 3.38. The largest absolute Gasteiger partial charge is 0.481 e. The Kier molecular flexibility index (Phi) is 2.19. The van der Waals surface area contributed by atoms with Crippen LogP contribution in [0.3, 0.4) is 0 Å². The first kappa shape index (κ1) is 9.71. The predicted molar refractivity (Wildman–Crippen MR) is 56.8 cm³/mol. The number of carboxylic acid groups (broad SMARTS) is 1. The molecule has 0 unspecified atom stereocenters. The third-order valence-corrected chi connectivity index (χ3v) is 2.55. The van der Waals surface area contributed by atoms with Gasteiger partial charge < -0.3 is 5.11 Å². The lowest BCUT2D eigenvalue weighted by Gasteiger charge is -1.97. The highest BCUT2D eigenvalue weighted by molar-refractivity contribution is 5.83. The number of carbonyl (C=O) groups is 1. The van der Waals surface area contributed by atoms with Crippen molar-refractivity contribution in [1.82, 2.24) is 9.78 Å². The van der Waals surface area contributed by atoms with Crippen molar-refractivity contribution in [3.8, 4) is 0 Å². The molecule has 0 atom stereocenters. The fourth-order valence-electron chi connectivity index (χ4n) is 1.66. The van der Waals surface area contributed by atoms with Crippen LogP contribution in [-0.2, 0) is 18.3 Å². The van der Waals surface area contributed by atoms with E-state index in [4.69, 9.17) is 5.11 Å². The minimum absolute atomic E-state index is 0.0598. The molecule has 0 aliphatic carbocycles. The number of benzene rings is 1. The van der Waals surface area contributed by atoms with Crippen molar-refractivity contribution >= 4 is 16.9 Å². The molecule has 1 N–H and O–H groups in total. The third-order valence-electron chi connectivity index (χ3n) is 2.55. The van der Waals surface area contributed by atoms with Gasteiger partial charge in [-0.15, -0.1) is 0 Å². The zero-order chi connectivity index (χ0) is 11.0. The van der Waals surface area contributed by atoms with Gasteiger partial charge in [0.25, 0.3) is 0 Å². The first-order valence-corrected chi connectivity index (χ1v) is 4.72. The summed E-state index contributed by atoms with van der Waals surface area (Å²) < 4.78 is 1.80. The molecule has 1 aromatic carbocycles. The molecule has 2 aromatic rings. The van der Waals surface area contributed by atoms with Crippen molar-refractivity contribution in [2.75, 3.05) is 0 Å². The van der Waals surface area contributed by atoms with Gasteiger partial charge in [-0.2, -0.15) is 5.10 Å². The molecular formula is C11H12N2O2. The quantitative estimate of drug-likeness (QED) is 0.806. The van der Waals surface area contributed by atoms with Crippen molar-refractivity contribution in [3.63, 3.8) is 0 Å². The van der Waals surface area contributed by atoms with Gasteiger partial charge in [0.15, 0.2) is 0 Å². The smallest absolute Gasteiger partial charge is 0.307 e. The number of aromatic nitrogens is 2. The van der Waals surface area contributed by atoms with Gasteiger partial charge in [-0.05, 0) is 24.6 Å². The summed E-state index contributed by atoms with van der Waals surface area (Å²) in [7, 11) is 1.88. The Morgan fingerprint density at radius 3 is 2.93 bits per heavy atom. The van der Waals surface area contributed by atoms with Crippen molar-refractivity contribution in [3.05, 3.63) is 29.5 Å². The number of aryl methyl sites for hydroxylation is 2. The number of nitrogens with zero attached hydrogens (tertiary/aromatic N) is 2. The van der Waals surface area contributed by atoms with E-state index in [0.717, 1.165) is 22.2 Å². The van der Waals surface area contributed by atoms with Crippen LogP contribution >= 0.6 is 0 Å². The Morgan fingerprint density at radius 1 is 1.53 bits per heavy atom. The zero-order valence-electron chi connectivity index (χ0n) is 8.69. The van der Waals surface area contributed by atoms with Crippen LogP contribution < -0.4 is 0 Å². The van der Waals surface area contributed by atoms with Crippen molar-refractivity contribution < 1.29 is 9.90 Å². The number of hydrogen-bond acceptors (Lipinski definition) is 2. The summed E-state index contributed by atoms with van der Waals surface area (Å²) in [6.45, 7) is 1.97. The molecule has 0 fully saturated rings.